The number of anilines is 1. The van der Waals surface area contributed by atoms with E-state index in [-0.39, 0.29) is 18.2 Å². The second-order valence-corrected chi connectivity index (χ2v) is 8.23. The predicted molar refractivity (Wildman–Crippen MR) is 125 cm³/mol. The van der Waals surface area contributed by atoms with Crippen molar-refractivity contribution < 1.29 is 14.3 Å². The zero-order chi connectivity index (χ0) is 21.0. The maximum Gasteiger partial charge on any atom is 0.252 e. The van der Waals surface area contributed by atoms with Crippen molar-refractivity contribution in [3.05, 3.63) is 57.7 Å². The van der Waals surface area contributed by atoms with Crippen LogP contribution in [0, 0.1) is 3.57 Å². The number of nitrogens with zero attached hydrogens (tertiary/aromatic N) is 2. The highest BCUT2D eigenvalue weighted by molar-refractivity contribution is 14.1. The number of methoxy groups -OCH3 is 1. The van der Waals surface area contributed by atoms with Gasteiger partial charge >= 0.3 is 0 Å². The molecule has 29 heavy (non-hydrogen) atoms. The Morgan fingerprint density at radius 1 is 1.17 bits per heavy atom. The highest BCUT2D eigenvalue weighted by atomic mass is 127. The number of nitrogens with one attached hydrogen (secondary N) is 1. The number of benzene rings is 2. The standard InChI is InChI=1S/C21H22IN3O3S/c1-3-24-20(27)18(12-19(26)23-16-8-6-15(22)7-9-16)25(21(24)29)13-14-4-10-17(28-2)11-5-14/h4-11,18H,3,12-13H2,1-2H3,(H,23,26). The van der Waals surface area contributed by atoms with Gasteiger partial charge in [-0.2, -0.15) is 0 Å². The normalized spacial score (nSPS) is 16.3. The molecule has 1 unspecified atom stereocenters. The number of hydrogen-bond donors (Lipinski definition) is 1. The number of hydrogen-bond acceptors (Lipinski definition) is 4. The van der Waals surface area contributed by atoms with Crippen LogP contribution in [0.5, 0.6) is 5.75 Å². The Morgan fingerprint density at radius 2 is 1.83 bits per heavy atom. The molecule has 2 aromatic rings. The molecule has 1 atom stereocenters. The lowest BCUT2D eigenvalue weighted by atomic mass is 10.1. The summed E-state index contributed by atoms with van der Waals surface area (Å²) in [6, 6.07) is 14.5. The minimum Gasteiger partial charge on any atom is -0.497 e. The van der Waals surface area contributed by atoms with Crippen LogP contribution in [-0.2, 0) is 16.1 Å². The van der Waals surface area contributed by atoms with Crippen LogP contribution in [0.3, 0.4) is 0 Å². The molecule has 1 heterocycles. The summed E-state index contributed by atoms with van der Waals surface area (Å²) in [5.74, 6) is 0.409. The van der Waals surface area contributed by atoms with Gasteiger partial charge in [-0.1, -0.05) is 12.1 Å². The van der Waals surface area contributed by atoms with Crippen molar-refractivity contribution in [3.8, 4) is 5.75 Å². The molecule has 0 bridgehead atoms. The van der Waals surface area contributed by atoms with Gasteiger partial charge in [0.25, 0.3) is 5.91 Å². The molecule has 0 radical (unpaired) electrons. The van der Waals surface area contributed by atoms with Crippen molar-refractivity contribution in [1.82, 2.24) is 9.80 Å². The SMILES string of the molecule is CCN1C(=O)C(CC(=O)Nc2ccc(I)cc2)N(Cc2ccc(OC)cc2)C1=S. The fourth-order valence-corrected chi connectivity index (χ4v) is 3.98. The third-order valence-electron chi connectivity index (χ3n) is 4.74. The van der Waals surface area contributed by atoms with Crippen LogP contribution in [0.15, 0.2) is 48.5 Å². The van der Waals surface area contributed by atoms with E-state index in [0.717, 1.165) is 14.9 Å². The summed E-state index contributed by atoms with van der Waals surface area (Å²) in [5.41, 5.74) is 1.69. The zero-order valence-electron chi connectivity index (χ0n) is 16.2. The summed E-state index contributed by atoms with van der Waals surface area (Å²) >= 11 is 7.74. The molecule has 1 aliphatic rings. The Kier molecular flexibility index (Phi) is 7.07. The molecule has 2 amide bonds. The van der Waals surface area contributed by atoms with Crippen LogP contribution in [0.25, 0.3) is 0 Å². The van der Waals surface area contributed by atoms with Crippen LogP contribution >= 0.6 is 34.8 Å². The molecule has 6 nitrogen and oxygen atoms in total. The molecule has 0 spiro atoms. The van der Waals surface area contributed by atoms with E-state index in [9.17, 15) is 9.59 Å². The van der Waals surface area contributed by atoms with Crippen molar-refractivity contribution in [2.75, 3.05) is 19.0 Å². The quantitative estimate of drug-likeness (QED) is 0.444. The lowest BCUT2D eigenvalue weighted by molar-refractivity contribution is -0.130. The van der Waals surface area contributed by atoms with Crippen LogP contribution < -0.4 is 10.1 Å². The smallest absolute Gasteiger partial charge is 0.252 e. The van der Waals surface area contributed by atoms with E-state index in [1.165, 1.54) is 0 Å². The molecule has 0 saturated carbocycles. The first kappa shape index (κ1) is 21.5. The maximum absolute atomic E-state index is 12.9. The van der Waals surface area contributed by atoms with Gasteiger partial charge in [0.1, 0.15) is 11.8 Å². The third-order valence-corrected chi connectivity index (χ3v) is 5.91. The van der Waals surface area contributed by atoms with Crippen molar-refractivity contribution in [2.45, 2.75) is 25.9 Å². The molecule has 1 N–H and O–H groups in total. The lowest BCUT2D eigenvalue weighted by Gasteiger charge is -2.24. The molecule has 1 saturated heterocycles. The van der Waals surface area contributed by atoms with Gasteiger partial charge in [-0.15, -0.1) is 0 Å². The Hall–Kier alpha value is -2.20. The predicted octanol–water partition coefficient (Wildman–Crippen LogP) is 3.65. The summed E-state index contributed by atoms with van der Waals surface area (Å²) in [6.07, 6.45) is 0.0393. The topological polar surface area (TPSA) is 61.9 Å². The first-order valence-electron chi connectivity index (χ1n) is 9.23. The second-order valence-electron chi connectivity index (χ2n) is 6.62. The van der Waals surface area contributed by atoms with Crippen LogP contribution in [-0.4, -0.2) is 46.4 Å². The lowest BCUT2D eigenvalue weighted by Crippen LogP contribution is -2.37. The number of likely N-dealkylation sites (N-methyl/N-ethyl adjacent to an activating group) is 1. The molecule has 1 fully saturated rings. The molecule has 2 aromatic carbocycles. The molecule has 152 valence electrons. The fourth-order valence-electron chi connectivity index (χ4n) is 3.21. The maximum atomic E-state index is 12.9. The summed E-state index contributed by atoms with van der Waals surface area (Å²) in [6.45, 7) is 2.81. The Morgan fingerprint density at radius 3 is 2.41 bits per heavy atom. The number of ether oxygens (including phenoxy) is 1. The van der Waals surface area contributed by atoms with Crippen molar-refractivity contribution in [2.24, 2.45) is 0 Å². The number of carbonyl (C=O) groups excluding carboxylic acids is 2. The van der Waals surface area contributed by atoms with E-state index in [4.69, 9.17) is 17.0 Å². The Labute approximate surface area is 189 Å². The van der Waals surface area contributed by atoms with E-state index in [2.05, 4.69) is 27.9 Å². The van der Waals surface area contributed by atoms with E-state index in [0.29, 0.717) is 23.9 Å². The summed E-state index contributed by atoms with van der Waals surface area (Å²) in [7, 11) is 1.62. The molecular weight excluding hydrogens is 501 g/mol. The van der Waals surface area contributed by atoms with Gasteiger partial charge < -0.3 is 15.0 Å². The van der Waals surface area contributed by atoms with Crippen LogP contribution in [0.2, 0.25) is 0 Å². The van der Waals surface area contributed by atoms with Gasteiger partial charge in [0.2, 0.25) is 5.91 Å². The van der Waals surface area contributed by atoms with Gasteiger partial charge in [0.15, 0.2) is 5.11 Å². The number of amides is 2. The van der Waals surface area contributed by atoms with Gasteiger partial charge in [0.05, 0.1) is 13.5 Å². The van der Waals surface area contributed by atoms with Gasteiger partial charge in [0, 0.05) is 22.3 Å². The molecule has 3 rings (SSSR count). The Balaban J connectivity index is 1.75. The molecule has 0 aliphatic carbocycles. The first-order chi connectivity index (χ1) is 13.9. The molecule has 0 aromatic heterocycles. The second kappa shape index (κ2) is 9.53. The number of rotatable bonds is 7. The average Bonchev–Trinajstić information content (AvgIpc) is 2.93. The van der Waals surface area contributed by atoms with Crippen molar-refractivity contribution >= 4 is 57.4 Å². The fraction of sp³-hybridized carbons (Fsp3) is 0.286. The molecule has 1 aliphatic heterocycles. The average molecular weight is 523 g/mol. The van der Waals surface area contributed by atoms with E-state index < -0.39 is 6.04 Å². The number of carbonyl (C=O) groups is 2. The summed E-state index contributed by atoms with van der Waals surface area (Å²) in [4.78, 5) is 28.9. The summed E-state index contributed by atoms with van der Waals surface area (Å²) < 4.78 is 6.28. The minimum atomic E-state index is -0.617. The number of halogens is 1. The van der Waals surface area contributed by atoms with Crippen molar-refractivity contribution in [1.29, 1.82) is 0 Å². The van der Waals surface area contributed by atoms with E-state index in [1.807, 2.05) is 60.4 Å². The van der Waals surface area contributed by atoms with Gasteiger partial charge in [-0.25, -0.2) is 0 Å². The largest absolute Gasteiger partial charge is 0.497 e. The Bertz CT molecular complexity index is 902. The summed E-state index contributed by atoms with van der Waals surface area (Å²) in [5, 5.41) is 3.32. The minimum absolute atomic E-state index is 0.0393. The van der Waals surface area contributed by atoms with Crippen LogP contribution in [0.1, 0.15) is 18.9 Å². The molecule has 8 heteroatoms. The highest BCUT2D eigenvalue weighted by Crippen LogP contribution is 2.24. The molecular formula is C21H22IN3O3S. The van der Waals surface area contributed by atoms with Gasteiger partial charge in [-0.05, 0) is 83.7 Å². The number of thiocarbonyl (C=S) groups is 1. The van der Waals surface area contributed by atoms with E-state index >= 15 is 0 Å². The van der Waals surface area contributed by atoms with Crippen molar-refractivity contribution in [3.63, 3.8) is 0 Å². The highest BCUT2D eigenvalue weighted by Gasteiger charge is 2.42. The monoisotopic (exact) mass is 523 g/mol. The van der Waals surface area contributed by atoms with Gasteiger partial charge in [-0.3, -0.25) is 14.5 Å². The first-order valence-corrected chi connectivity index (χ1v) is 10.7. The van der Waals surface area contributed by atoms with Crippen LogP contribution in [0.4, 0.5) is 5.69 Å². The van der Waals surface area contributed by atoms with E-state index in [1.54, 1.807) is 12.0 Å². The third kappa shape index (κ3) is 5.05. The zero-order valence-corrected chi connectivity index (χ0v) is 19.2.